The zero-order valence-corrected chi connectivity index (χ0v) is 8.64. The van der Waals surface area contributed by atoms with E-state index in [2.05, 4.69) is 0 Å². The van der Waals surface area contributed by atoms with Crippen molar-refractivity contribution in [3.63, 3.8) is 0 Å². The van der Waals surface area contributed by atoms with Crippen LogP contribution in [0.15, 0.2) is 17.0 Å². The average Bonchev–Trinajstić information content (AvgIpc) is 2.00. The first-order valence-electron chi connectivity index (χ1n) is 3.50. The third kappa shape index (κ3) is 2.44. The van der Waals surface area contributed by atoms with Crippen molar-refractivity contribution >= 4 is 27.6 Å². The topological polar surface area (TPSA) is 97.5 Å². The van der Waals surface area contributed by atoms with Gasteiger partial charge in [0.2, 0.25) is 0 Å². The minimum absolute atomic E-state index is 0.528. The van der Waals surface area contributed by atoms with Gasteiger partial charge in [-0.1, -0.05) is 11.6 Å². The molecule has 1 amide bonds. The zero-order chi connectivity index (χ0) is 11.8. The molecular weight excluding hydrogens is 249 g/mol. The highest BCUT2D eigenvalue weighted by molar-refractivity contribution is 7.86. The number of nitrogens with two attached hydrogens (primary N) is 1. The van der Waals surface area contributed by atoms with Crippen molar-refractivity contribution in [3.05, 3.63) is 28.5 Å². The summed E-state index contributed by atoms with van der Waals surface area (Å²) in [5.74, 6) is -2.21. The predicted molar refractivity (Wildman–Crippen MR) is 49.7 cm³/mol. The van der Waals surface area contributed by atoms with E-state index in [9.17, 15) is 17.6 Å². The minimum Gasteiger partial charge on any atom is -0.366 e. The summed E-state index contributed by atoms with van der Waals surface area (Å²) >= 11 is 5.36. The van der Waals surface area contributed by atoms with Crippen LogP contribution < -0.4 is 5.73 Å². The molecule has 3 N–H and O–H groups in total. The van der Waals surface area contributed by atoms with Gasteiger partial charge in [0.1, 0.15) is 10.7 Å². The standard InChI is InChI=1S/C7H5ClFNO4S/c8-4-2-5(9)3(7(10)11)1-6(4)15(12,13)14/h1-2H,(H2,10,11)(H,12,13,14). The van der Waals surface area contributed by atoms with Crippen molar-refractivity contribution in [2.75, 3.05) is 0 Å². The molecule has 0 aliphatic heterocycles. The van der Waals surface area contributed by atoms with E-state index < -0.39 is 37.3 Å². The number of rotatable bonds is 2. The molecule has 1 aromatic rings. The number of benzene rings is 1. The maximum absolute atomic E-state index is 13.0. The van der Waals surface area contributed by atoms with Crippen LogP contribution >= 0.6 is 11.6 Å². The number of carbonyl (C=O) groups is 1. The molecule has 82 valence electrons. The molecule has 0 radical (unpaired) electrons. The Kier molecular flexibility index (Phi) is 2.98. The molecule has 15 heavy (non-hydrogen) atoms. The summed E-state index contributed by atoms with van der Waals surface area (Å²) in [6, 6.07) is 1.17. The summed E-state index contributed by atoms with van der Waals surface area (Å²) in [6.45, 7) is 0. The predicted octanol–water partition coefficient (Wildman–Crippen LogP) is 0.825. The first-order valence-corrected chi connectivity index (χ1v) is 5.31. The number of carbonyl (C=O) groups excluding carboxylic acids is 1. The van der Waals surface area contributed by atoms with Gasteiger partial charge in [0.05, 0.1) is 10.6 Å². The van der Waals surface area contributed by atoms with Crippen LogP contribution in [0.2, 0.25) is 5.02 Å². The highest BCUT2D eigenvalue weighted by Crippen LogP contribution is 2.24. The Hall–Kier alpha value is -1.18. The van der Waals surface area contributed by atoms with E-state index in [0.717, 1.165) is 0 Å². The van der Waals surface area contributed by atoms with E-state index in [1.54, 1.807) is 0 Å². The van der Waals surface area contributed by atoms with Gasteiger partial charge in [-0.05, 0) is 12.1 Å². The molecular formula is C7H5ClFNO4S. The van der Waals surface area contributed by atoms with E-state index in [0.29, 0.717) is 12.1 Å². The number of primary amides is 1. The van der Waals surface area contributed by atoms with Crippen molar-refractivity contribution in [1.29, 1.82) is 0 Å². The highest BCUT2D eigenvalue weighted by atomic mass is 35.5. The molecule has 0 aliphatic rings. The van der Waals surface area contributed by atoms with Crippen molar-refractivity contribution in [3.8, 4) is 0 Å². The van der Waals surface area contributed by atoms with Crippen molar-refractivity contribution in [1.82, 2.24) is 0 Å². The SMILES string of the molecule is NC(=O)c1cc(S(=O)(=O)O)c(Cl)cc1F. The number of hydrogen-bond acceptors (Lipinski definition) is 3. The Bertz CT molecular complexity index is 528. The van der Waals surface area contributed by atoms with Crippen molar-refractivity contribution in [2.45, 2.75) is 4.90 Å². The smallest absolute Gasteiger partial charge is 0.296 e. The normalized spacial score (nSPS) is 11.4. The van der Waals surface area contributed by atoms with Gasteiger partial charge in [-0.2, -0.15) is 8.42 Å². The molecule has 0 atom stereocenters. The van der Waals surface area contributed by atoms with Gasteiger partial charge in [-0.3, -0.25) is 9.35 Å². The van der Waals surface area contributed by atoms with E-state index >= 15 is 0 Å². The van der Waals surface area contributed by atoms with Crippen LogP contribution in [0.5, 0.6) is 0 Å². The van der Waals surface area contributed by atoms with Gasteiger partial charge in [-0.15, -0.1) is 0 Å². The van der Waals surface area contributed by atoms with Crippen LogP contribution in [-0.2, 0) is 10.1 Å². The Labute approximate surface area is 89.4 Å². The Morgan fingerprint density at radius 2 is 2.00 bits per heavy atom. The fourth-order valence-corrected chi connectivity index (χ4v) is 1.93. The third-order valence-corrected chi connectivity index (χ3v) is 2.88. The molecule has 0 heterocycles. The van der Waals surface area contributed by atoms with Crippen LogP contribution in [0.1, 0.15) is 10.4 Å². The monoisotopic (exact) mass is 253 g/mol. The van der Waals surface area contributed by atoms with Crippen LogP contribution in [0.25, 0.3) is 0 Å². The quantitative estimate of drug-likeness (QED) is 0.763. The first-order chi connectivity index (χ1) is 6.73. The lowest BCUT2D eigenvalue weighted by Gasteiger charge is -2.03. The van der Waals surface area contributed by atoms with E-state index in [-0.39, 0.29) is 0 Å². The molecule has 0 aromatic heterocycles. The Morgan fingerprint density at radius 3 is 2.40 bits per heavy atom. The fourth-order valence-electron chi connectivity index (χ4n) is 0.916. The highest BCUT2D eigenvalue weighted by Gasteiger charge is 2.20. The van der Waals surface area contributed by atoms with Crippen molar-refractivity contribution < 1.29 is 22.2 Å². The maximum Gasteiger partial charge on any atom is 0.296 e. The Balaban J connectivity index is 3.58. The molecule has 1 aromatic carbocycles. The van der Waals surface area contributed by atoms with Crippen LogP contribution in [-0.4, -0.2) is 18.9 Å². The summed E-state index contributed by atoms with van der Waals surface area (Å²) in [4.78, 5) is 9.91. The van der Waals surface area contributed by atoms with E-state index in [4.69, 9.17) is 21.9 Å². The number of hydrogen-bond donors (Lipinski definition) is 2. The summed E-state index contributed by atoms with van der Waals surface area (Å²) in [7, 11) is -4.61. The lowest BCUT2D eigenvalue weighted by molar-refractivity contribution is 0.0996. The molecule has 1 rings (SSSR count). The van der Waals surface area contributed by atoms with Crippen molar-refractivity contribution in [2.24, 2.45) is 5.73 Å². The van der Waals surface area contributed by atoms with Gasteiger partial charge in [0.25, 0.3) is 16.0 Å². The number of halogens is 2. The largest absolute Gasteiger partial charge is 0.366 e. The molecule has 0 unspecified atom stereocenters. The second kappa shape index (κ2) is 3.76. The van der Waals surface area contributed by atoms with Crippen LogP contribution in [0.3, 0.4) is 0 Å². The number of amides is 1. The van der Waals surface area contributed by atoms with E-state index in [1.165, 1.54) is 0 Å². The van der Waals surface area contributed by atoms with E-state index in [1.807, 2.05) is 0 Å². The van der Waals surface area contributed by atoms with Gasteiger partial charge in [-0.25, -0.2) is 4.39 Å². The molecule has 0 saturated carbocycles. The molecule has 0 spiro atoms. The lowest BCUT2D eigenvalue weighted by atomic mass is 10.2. The summed E-state index contributed by atoms with van der Waals surface area (Å²) in [5.41, 5.74) is 4.12. The summed E-state index contributed by atoms with van der Waals surface area (Å²) < 4.78 is 43.2. The van der Waals surface area contributed by atoms with Gasteiger partial charge in [0, 0.05) is 0 Å². The van der Waals surface area contributed by atoms with Crippen LogP contribution in [0.4, 0.5) is 4.39 Å². The van der Waals surface area contributed by atoms with Gasteiger partial charge < -0.3 is 5.73 Å². The molecule has 0 fully saturated rings. The molecule has 0 bridgehead atoms. The Morgan fingerprint density at radius 1 is 1.47 bits per heavy atom. The average molecular weight is 254 g/mol. The minimum atomic E-state index is -4.61. The van der Waals surface area contributed by atoms with Gasteiger partial charge >= 0.3 is 0 Å². The third-order valence-electron chi connectivity index (χ3n) is 1.56. The summed E-state index contributed by atoms with van der Waals surface area (Å²) in [5, 5.41) is -0.528. The molecule has 5 nitrogen and oxygen atoms in total. The fraction of sp³-hybridized carbons (Fsp3) is 0. The van der Waals surface area contributed by atoms with Gasteiger partial charge in [0.15, 0.2) is 0 Å². The second-order valence-corrected chi connectivity index (χ2v) is 4.40. The first kappa shape index (κ1) is 11.9. The molecule has 0 aliphatic carbocycles. The summed E-state index contributed by atoms with van der Waals surface area (Å²) in [6.07, 6.45) is 0. The van der Waals surface area contributed by atoms with Crippen LogP contribution in [0, 0.1) is 5.82 Å². The second-order valence-electron chi connectivity index (χ2n) is 2.60. The lowest BCUT2D eigenvalue weighted by Crippen LogP contribution is -2.14. The zero-order valence-electron chi connectivity index (χ0n) is 7.07. The molecule has 8 heteroatoms. The maximum atomic E-state index is 13.0. The molecule has 0 saturated heterocycles.